The number of amides is 2. The van der Waals surface area contributed by atoms with E-state index in [0.29, 0.717) is 6.54 Å². The van der Waals surface area contributed by atoms with Crippen LogP contribution in [-0.2, 0) is 9.59 Å². The first-order valence-corrected chi connectivity index (χ1v) is 5.00. The van der Waals surface area contributed by atoms with Gasteiger partial charge in [0.25, 0.3) is 0 Å². The Morgan fingerprint density at radius 3 is 2.57 bits per heavy atom. The van der Waals surface area contributed by atoms with E-state index in [9.17, 15) is 9.59 Å². The van der Waals surface area contributed by atoms with Crippen LogP contribution in [0.3, 0.4) is 0 Å². The maximum absolute atomic E-state index is 11.5. The predicted molar refractivity (Wildman–Crippen MR) is 53.7 cm³/mol. The molecule has 0 aromatic heterocycles. The minimum Gasteiger partial charge on any atom is -0.341 e. The van der Waals surface area contributed by atoms with Crippen LogP contribution in [0, 0.1) is 0 Å². The number of piperazine rings is 1. The summed E-state index contributed by atoms with van der Waals surface area (Å²) < 4.78 is 0. The lowest BCUT2D eigenvalue weighted by Gasteiger charge is -2.40. The molecule has 1 heterocycles. The minimum absolute atomic E-state index is 0.132. The van der Waals surface area contributed by atoms with Crippen molar-refractivity contribution >= 4 is 11.8 Å². The number of hydrogen-bond acceptors (Lipinski definition) is 2. The number of carbonyl (C=O) groups is 2. The van der Waals surface area contributed by atoms with Crippen molar-refractivity contribution in [3.05, 3.63) is 0 Å². The summed E-state index contributed by atoms with van der Waals surface area (Å²) in [6, 6.07) is 0.132. The summed E-state index contributed by atoms with van der Waals surface area (Å²) in [4.78, 5) is 24.5. The van der Waals surface area contributed by atoms with E-state index in [1.165, 1.54) is 0 Å². The van der Waals surface area contributed by atoms with Gasteiger partial charge in [-0.2, -0.15) is 0 Å². The van der Waals surface area contributed by atoms with Gasteiger partial charge < -0.3 is 10.2 Å². The Labute approximate surface area is 84.7 Å². The second kappa shape index (κ2) is 3.59. The quantitative estimate of drug-likeness (QED) is 0.658. The third-order valence-electron chi connectivity index (χ3n) is 2.60. The summed E-state index contributed by atoms with van der Waals surface area (Å²) >= 11 is 0. The van der Waals surface area contributed by atoms with Gasteiger partial charge in [-0.15, -0.1) is 0 Å². The molecule has 4 heteroatoms. The molecule has 0 aromatic rings. The lowest BCUT2D eigenvalue weighted by Crippen LogP contribution is -2.64. The zero-order valence-electron chi connectivity index (χ0n) is 9.26. The third-order valence-corrected chi connectivity index (χ3v) is 2.60. The largest absolute Gasteiger partial charge is 0.341 e. The minimum atomic E-state index is -0.485. The fourth-order valence-electron chi connectivity index (χ4n) is 1.60. The highest BCUT2D eigenvalue weighted by molar-refractivity contribution is 6.35. The number of carbonyl (C=O) groups excluding carboxylic acids is 2. The summed E-state index contributed by atoms with van der Waals surface area (Å²) in [6.07, 6.45) is 0.870. The van der Waals surface area contributed by atoms with Crippen LogP contribution in [0.25, 0.3) is 0 Å². The highest BCUT2D eigenvalue weighted by Crippen LogP contribution is 2.15. The van der Waals surface area contributed by atoms with Gasteiger partial charge in [-0.25, -0.2) is 0 Å². The molecule has 0 aromatic carbocycles. The molecule has 1 rings (SSSR count). The molecule has 1 fully saturated rings. The Morgan fingerprint density at radius 2 is 2.07 bits per heavy atom. The van der Waals surface area contributed by atoms with Crippen molar-refractivity contribution in [2.45, 2.75) is 45.7 Å². The molecule has 1 unspecified atom stereocenters. The summed E-state index contributed by atoms with van der Waals surface area (Å²) in [5, 5.41) is 2.68. The van der Waals surface area contributed by atoms with Crippen LogP contribution in [0.15, 0.2) is 0 Å². The zero-order chi connectivity index (χ0) is 10.9. The zero-order valence-corrected chi connectivity index (χ0v) is 9.26. The number of hydrogen-bond donors (Lipinski definition) is 1. The van der Waals surface area contributed by atoms with Crippen LogP contribution >= 0.6 is 0 Å². The van der Waals surface area contributed by atoms with E-state index in [1.54, 1.807) is 4.90 Å². The van der Waals surface area contributed by atoms with Crippen molar-refractivity contribution in [2.75, 3.05) is 6.54 Å². The van der Waals surface area contributed by atoms with Gasteiger partial charge in [-0.1, -0.05) is 6.92 Å². The Bertz CT molecular complexity index is 261. The van der Waals surface area contributed by atoms with Gasteiger partial charge in [0.2, 0.25) is 0 Å². The highest BCUT2D eigenvalue weighted by Gasteiger charge is 2.38. The molecule has 4 nitrogen and oxygen atoms in total. The van der Waals surface area contributed by atoms with Gasteiger partial charge in [0.05, 0.1) is 5.54 Å². The molecule has 0 bridgehead atoms. The van der Waals surface area contributed by atoms with Gasteiger partial charge in [0, 0.05) is 12.6 Å². The molecule has 0 aliphatic carbocycles. The number of nitrogens with zero attached hydrogens (tertiary/aromatic N) is 1. The lowest BCUT2D eigenvalue weighted by atomic mass is 10.00. The highest BCUT2D eigenvalue weighted by atomic mass is 16.2. The molecule has 1 aliphatic heterocycles. The van der Waals surface area contributed by atoms with E-state index in [1.807, 2.05) is 27.7 Å². The fraction of sp³-hybridized carbons (Fsp3) is 0.800. The molecule has 0 saturated carbocycles. The summed E-state index contributed by atoms with van der Waals surface area (Å²) in [5.41, 5.74) is -0.311. The van der Waals surface area contributed by atoms with E-state index in [-0.39, 0.29) is 11.6 Å². The molecule has 0 spiro atoms. The maximum Gasteiger partial charge on any atom is 0.312 e. The molecule has 0 radical (unpaired) electrons. The molecule has 1 atom stereocenters. The van der Waals surface area contributed by atoms with E-state index in [2.05, 4.69) is 5.32 Å². The molecule has 1 saturated heterocycles. The first-order chi connectivity index (χ1) is 6.37. The second-order valence-corrected chi connectivity index (χ2v) is 4.53. The van der Waals surface area contributed by atoms with E-state index >= 15 is 0 Å². The van der Waals surface area contributed by atoms with E-state index in [0.717, 1.165) is 6.42 Å². The van der Waals surface area contributed by atoms with Crippen LogP contribution in [0.1, 0.15) is 34.1 Å². The molecule has 80 valence electrons. The SMILES string of the molecule is CCC(C)N1CC(C)(C)NC(=O)C1=O. The Kier molecular flexibility index (Phi) is 2.83. The molecule has 2 amide bonds. The van der Waals surface area contributed by atoms with Crippen molar-refractivity contribution < 1.29 is 9.59 Å². The first kappa shape index (κ1) is 11.0. The van der Waals surface area contributed by atoms with Crippen molar-refractivity contribution in [3.63, 3.8) is 0 Å². The van der Waals surface area contributed by atoms with Crippen LogP contribution in [0.5, 0.6) is 0 Å². The Balaban J connectivity index is 2.83. The van der Waals surface area contributed by atoms with Gasteiger partial charge >= 0.3 is 11.8 Å². The number of rotatable bonds is 2. The molecular formula is C10H18N2O2. The summed E-state index contributed by atoms with van der Waals surface area (Å²) in [6.45, 7) is 8.41. The average molecular weight is 198 g/mol. The van der Waals surface area contributed by atoms with Crippen LogP contribution in [-0.4, -0.2) is 34.8 Å². The van der Waals surface area contributed by atoms with Gasteiger partial charge in [0.15, 0.2) is 0 Å². The molecule has 1 aliphatic rings. The van der Waals surface area contributed by atoms with Crippen LogP contribution < -0.4 is 5.32 Å². The molecule has 14 heavy (non-hydrogen) atoms. The molecule has 1 N–H and O–H groups in total. The van der Waals surface area contributed by atoms with Crippen molar-refractivity contribution in [1.29, 1.82) is 0 Å². The Morgan fingerprint density at radius 1 is 1.50 bits per heavy atom. The van der Waals surface area contributed by atoms with Crippen LogP contribution in [0.4, 0.5) is 0 Å². The fourth-order valence-corrected chi connectivity index (χ4v) is 1.60. The van der Waals surface area contributed by atoms with E-state index < -0.39 is 11.8 Å². The second-order valence-electron chi connectivity index (χ2n) is 4.53. The monoisotopic (exact) mass is 198 g/mol. The normalized spacial score (nSPS) is 23.3. The van der Waals surface area contributed by atoms with Crippen molar-refractivity contribution in [3.8, 4) is 0 Å². The summed E-state index contributed by atoms with van der Waals surface area (Å²) in [5.74, 6) is -0.889. The summed E-state index contributed by atoms with van der Waals surface area (Å²) in [7, 11) is 0. The first-order valence-electron chi connectivity index (χ1n) is 5.00. The lowest BCUT2D eigenvalue weighted by molar-refractivity contribution is -0.152. The molecular weight excluding hydrogens is 180 g/mol. The smallest absolute Gasteiger partial charge is 0.312 e. The number of nitrogens with one attached hydrogen (secondary N) is 1. The van der Waals surface area contributed by atoms with Gasteiger partial charge in [-0.05, 0) is 27.2 Å². The predicted octanol–water partition coefficient (Wildman–Crippen LogP) is 0.522. The van der Waals surface area contributed by atoms with Gasteiger partial charge in [0.1, 0.15) is 0 Å². The third kappa shape index (κ3) is 2.05. The van der Waals surface area contributed by atoms with Crippen molar-refractivity contribution in [1.82, 2.24) is 10.2 Å². The standard InChI is InChI=1S/C10H18N2O2/c1-5-7(2)12-6-10(3,4)11-8(13)9(12)14/h7H,5-6H2,1-4H3,(H,11,13). The Hall–Kier alpha value is -1.06. The van der Waals surface area contributed by atoms with Crippen LogP contribution in [0.2, 0.25) is 0 Å². The van der Waals surface area contributed by atoms with E-state index in [4.69, 9.17) is 0 Å². The average Bonchev–Trinajstić information content (AvgIpc) is 2.09. The van der Waals surface area contributed by atoms with Gasteiger partial charge in [-0.3, -0.25) is 9.59 Å². The maximum atomic E-state index is 11.5. The topological polar surface area (TPSA) is 49.4 Å². The van der Waals surface area contributed by atoms with Crippen molar-refractivity contribution in [2.24, 2.45) is 0 Å².